The lowest BCUT2D eigenvalue weighted by Gasteiger charge is -2.05. The zero-order valence-corrected chi connectivity index (χ0v) is 15.8. The van der Waals surface area contributed by atoms with Crippen LogP contribution in [-0.2, 0) is 0 Å². The predicted octanol–water partition coefficient (Wildman–Crippen LogP) is 6.66. The van der Waals surface area contributed by atoms with Gasteiger partial charge in [-0.15, -0.1) is 0 Å². The molecule has 0 aliphatic heterocycles. The smallest absolute Gasteiger partial charge is 0.335 e. The summed E-state index contributed by atoms with van der Waals surface area (Å²) in [5.74, 6) is -0.881. The normalized spacial score (nSPS) is 11.1. The van der Waals surface area contributed by atoms with E-state index >= 15 is 0 Å². The average molecular weight is 346 g/mol. The van der Waals surface area contributed by atoms with Crippen molar-refractivity contribution in [1.29, 1.82) is 0 Å². The maximum absolute atomic E-state index is 10.8. The van der Waals surface area contributed by atoms with Crippen LogP contribution in [0.2, 0.25) is 0 Å². The van der Waals surface area contributed by atoms with E-state index in [0.29, 0.717) is 5.56 Å². The Kier molecular flexibility index (Phi) is 12.4. The summed E-state index contributed by atoms with van der Waals surface area (Å²) in [4.78, 5) is 10.8. The topological polar surface area (TPSA) is 49.3 Å². The van der Waals surface area contributed by atoms with Crippen LogP contribution in [0, 0.1) is 0 Å². The Labute approximate surface area is 153 Å². The second-order valence-corrected chi connectivity index (χ2v) is 6.69. The predicted molar refractivity (Wildman–Crippen MR) is 107 cm³/mol. The van der Waals surface area contributed by atoms with E-state index in [2.05, 4.69) is 24.4 Å². The number of unbranched alkanes of at least 4 members (excludes halogenated alkanes) is 9. The molecule has 0 atom stereocenters. The van der Waals surface area contributed by atoms with Gasteiger partial charge < -0.3 is 10.4 Å². The van der Waals surface area contributed by atoms with Crippen LogP contribution in [0.1, 0.15) is 87.9 Å². The zero-order chi connectivity index (χ0) is 18.2. The third-order valence-electron chi connectivity index (χ3n) is 4.40. The van der Waals surface area contributed by atoms with Crippen molar-refractivity contribution in [2.45, 2.75) is 77.6 Å². The summed E-state index contributed by atoms with van der Waals surface area (Å²) >= 11 is 0. The van der Waals surface area contributed by atoms with E-state index in [1.807, 2.05) is 12.1 Å². The zero-order valence-electron chi connectivity index (χ0n) is 15.8. The number of aromatic carboxylic acids is 1. The van der Waals surface area contributed by atoms with Crippen LogP contribution in [0.5, 0.6) is 0 Å². The molecular formula is C22H35NO2. The number of hydrogen-bond donors (Lipinski definition) is 2. The van der Waals surface area contributed by atoms with E-state index in [0.717, 1.165) is 25.1 Å². The first-order chi connectivity index (χ1) is 12.2. The van der Waals surface area contributed by atoms with Crippen LogP contribution < -0.4 is 5.32 Å². The van der Waals surface area contributed by atoms with Crippen molar-refractivity contribution in [3.05, 3.63) is 42.0 Å². The molecule has 0 unspecified atom stereocenters. The van der Waals surface area contributed by atoms with E-state index in [1.54, 1.807) is 12.1 Å². The van der Waals surface area contributed by atoms with Crippen LogP contribution in [0.25, 0.3) is 0 Å². The summed E-state index contributed by atoms with van der Waals surface area (Å²) < 4.78 is 0. The van der Waals surface area contributed by atoms with Gasteiger partial charge in [0.05, 0.1) is 5.56 Å². The van der Waals surface area contributed by atoms with Crippen molar-refractivity contribution in [3.8, 4) is 0 Å². The van der Waals surface area contributed by atoms with E-state index < -0.39 is 5.97 Å². The first kappa shape index (κ1) is 21.3. The number of carboxylic acids is 1. The molecule has 1 aromatic rings. The second kappa shape index (κ2) is 14.6. The minimum absolute atomic E-state index is 0.328. The average Bonchev–Trinajstić information content (AvgIpc) is 2.62. The van der Waals surface area contributed by atoms with Crippen LogP contribution >= 0.6 is 0 Å². The van der Waals surface area contributed by atoms with Gasteiger partial charge in [-0.1, -0.05) is 64.0 Å². The van der Waals surface area contributed by atoms with Gasteiger partial charge in [0.25, 0.3) is 0 Å². The highest BCUT2D eigenvalue weighted by Gasteiger charge is 2.00. The first-order valence-corrected chi connectivity index (χ1v) is 9.96. The highest BCUT2D eigenvalue weighted by molar-refractivity contribution is 5.87. The fourth-order valence-corrected chi connectivity index (χ4v) is 2.82. The van der Waals surface area contributed by atoms with Gasteiger partial charge in [-0.3, -0.25) is 0 Å². The Morgan fingerprint density at radius 3 is 2.04 bits per heavy atom. The number of anilines is 1. The molecule has 25 heavy (non-hydrogen) atoms. The van der Waals surface area contributed by atoms with Gasteiger partial charge in [0.15, 0.2) is 0 Å². The molecule has 0 amide bonds. The highest BCUT2D eigenvalue weighted by Crippen LogP contribution is 2.11. The number of benzene rings is 1. The number of hydrogen-bond acceptors (Lipinski definition) is 2. The van der Waals surface area contributed by atoms with Crippen molar-refractivity contribution in [1.82, 2.24) is 0 Å². The summed E-state index contributed by atoms with van der Waals surface area (Å²) in [6.45, 7) is 3.18. The molecule has 1 rings (SSSR count). The molecule has 0 aromatic heterocycles. The van der Waals surface area contributed by atoms with Gasteiger partial charge in [-0.2, -0.15) is 0 Å². The minimum Gasteiger partial charge on any atom is -0.478 e. The third-order valence-corrected chi connectivity index (χ3v) is 4.40. The molecule has 3 nitrogen and oxygen atoms in total. The van der Waals surface area contributed by atoms with Crippen molar-refractivity contribution < 1.29 is 9.90 Å². The Hall–Kier alpha value is -1.77. The van der Waals surface area contributed by atoms with Crippen LogP contribution in [0.3, 0.4) is 0 Å². The molecule has 1 aromatic carbocycles. The van der Waals surface area contributed by atoms with E-state index in [-0.39, 0.29) is 0 Å². The van der Waals surface area contributed by atoms with Gasteiger partial charge in [-0.05, 0) is 49.9 Å². The first-order valence-electron chi connectivity index (χ1n) is 9.96. The Morgan fingerprint density at radius 2 is 1.44 bits per heavy atom. The Morgan fingerprint density at radius 1 is 0.880 bits per heavy atom. The molecule has 0 saturated carbocycles. The molecule has 0 aliphatic rings. The van der Waals surface area contributed by atoms with Crippen LogP contribution in [-0.4, -0.2) is 17.6 Å². The summed E-state index contributed by atoms with van der Waals surface area (Å²) in [5.41, 5.74) is 1.31. The molecule has 0 spiro atoms. The monoisotopic (exact) mass is 345 g/mol. The maximum Gasteiger partial charge on any atom is 0.335 e. The molecule has 0 radical (unpaired) electrons. The number of carboxylic acid groups (broad SMARTS) is 1. The van der Waals surface area contributed by atoms with Crippen molar-refractivity contribution in [2.75, 3.05) is 11.9 Å². The molecule has 2 N–H and O–H groups in total. The summed E-state index contributed by atoms with van der Waals surface area (Å²) in [6.07, 6.45) is 19.0. The summed E-state index contributed by atoms with van der Waals surface area (Å²) in [7, 11) is 0. The maximum atomic E-state index is 10.8. The fourth-order valence-electron chi connectivity index (χ4n) is 2.82. The van der Waals surface area contributed by atoms with E-state index in [4.69, 9.17) is 5.11 Å². The minimum atomic E-state index is -0.881. The molecule has 0 fully saturated rings. The van der Waals surface area contributed by atoms with Gasteiger partial charge >= 0.3 is 5.97 Å². The molecule has 0 saturated heterocycles. The molecule has 0 heterocycles. The lowest BCUT2D eigenvalue weighted by molar-refractivity contribution is 0.0697. The van der Waals surface area contributed by atoms with Crippen molar-refractivity contribution >= 4 is 11.7 Å². The van der Waals surface area contributed by atoms with Crippen molar-refractivity contribution in [2.24, 2.45) is 0 Å². The lowest BCUT2D eigenvalue weighted by atomic mass is 10.1. The van der Waals surface area contributed by atoms with Gasteiger partial charge in [0.1, 0.15) is 0 Å². The molecule has 3 heteroatoms. The largest absolute Gasteiger partial charge is 0.478 e. The molecule has 0 aliphatic carbocycles. The van der Waals surface area contributed by atoms with Gasteiger partial charge in [0.2, 0.25) is 0 Å². The number of allylic oxidation sites excluding steroid dienone is 2. The Balaban J connectivity index is 1.92. The summed E-state index contributed by atoms with van der Waals surface area (Å²) in [6, 6.07) is 6.91. The van der Waals surface area contributed by atoms with Crippen LogP contribution in [0.4, 0.5) is 5.69 Å². The van der Waals surface area contributed by atoms with E-state index in [1.165, 1.54) is 57.8 Å². The summed E-state index contributed by atoms with van der Waals surface area (Å²) in [5, 5.41) is 12.2. The molecule has 140 valence electrons. The number of rotatable bonds is 15. The number of carbonyl (C=O) groups is 1. The highest BCUT2D eigenvalue weighted by atomic mass is 16.4. The van der Waals surface area contributed by atoms with E-state index in [9.17, 15) is 4.79 Å². The molecule has 0 bridgehead atoms. The quantitative estimate of drug-likeness (QED) is 0.276. The SMILES string of the molecule is CCCCCCCCCC/C=C/CCCNc1ccc(C(=O)O)cc1. The van der Waals surface area contributed by atoms with Gasteiger partial charge in [0, 0.05) is 12.2 Å². The lowest BCUT2D eigenvalue weighted by Crippen LogP contribution is -2.02. The fraction of sp³-hybridized carbons (Fsp3) is 0.591. The molecular weight excluding hydrogens is 310 g/mol. The standard InChI is InChI=1S/C22H35NO2/c1-2-3-4-5-6-7-8-9-10-11-12-13-14-19-23-21-17-15-20(16-18-21)22(24)25/h11-12,15-18,23H,2-10,13-14,19H2,1H3,(H,24,25)/b12-11+. The second-order valence-electron chi connectivity index (χ2n) is 6.69. The Bertz CT molecular complexity index is 479. The third kappa shape index (κ3) is 11.4. The van der Waals surface area contributed by atoms with Crippen LogP contribution in [0.15, 0.2) is 36.4 Å². The van der Waals surface area contributed by atoms with Crippen molar-refractivity contribution in [3.63, 3.8) is 0 Å². The van der Waals surface area contributed by atoms with Gasteiger partial charge in [-0.25, -0.2) is 4.79 Å². The number of nitrogens with one attached hydrogen (secondary N) is 1.